The van der Waals surface area contributed by atoms with E-state index in [0.717, 1.165) is 23.0 Å². The maximum atomic E-state index is 9.62. The number of aromatic nitrogens is 2. The highest BCUT2D eigenvalue weighted by Crippen LogP contribution is 2.34. The lowest BCUT2D eigenvalue weighted by atomic mass is 9.76. The van der Waals surface area contributed by atoms with Crippen LogP contribution in [-0.2, 0) is 19.9 Å². The molecule has 0 aromatic carbocycles. The van der Waals surface area contributed by atoms with Gasteiger partial charge in [-0.05, 0) is 40.1 Å². The third-order valence-corrected chi connectivity index (χ3v) is 4.74. The van der Waals surface area contributed by atoms with Crippen molar-refractivity contribution in [2.24, 2.45) is 18.4 Å². The zero-order chi connectivity index (χ0) is 13.2. The summed E-state index contributed by atoms with van der Waals surface area (Å²) < 4.78 is 3.03. The molecule has 0 bridgehead atoms. The van der Waals surface area contributed by atoms with Crippen LogP contribution in [0.5, 0.6) is 0 Å². The molecule has 3 nitrogen and oxygen atoms in total. The van der Waals surface area contributed by atoms with E-state index in [1.165, 1.54) is 5.69 Å². The second kappa shape index (κ2) is 5.53. The third kappa shape index (κ3) is 2.91. The van der Waals surface area contributed by atoms with Crippen LogP contribution in [0.4, 0.5) is 0 Å². The van der Waals surface area contributed by atoms with Gasteiger partial charge in [-0.3, -0.25) is 4.68 Å². The molecular formula is C13H23BrN2O. The molecule has 0 aliphatic carbocycles. The van der Waals surface area contributed by atoms with Crippen molar-refractivity contribution in [3.05, 3.63) is 15.9 Å². The minimum absolute atomic E-state index is 0.0959. The Labute approximate surface area is 112 Å². The number of hydrogen-bond donors (Lipinski definition) is 1. The number of nitrogens with zero attached hydrogens (tertiary/aromatic N) is 2. The van der Waals surface area contributed by atoms with E-state index in [1.807, 2.05) is 11.7 Å². The summed E-state index contributed by atoms with van der Waals surface area (Å²) in [5, 5.41) is 14.1. The maximum Gasteiger partial charge on any atom is 0.0766 e. The van der Waals surface area contributed by atoms with Crippen molar-refractivity contribution in [1.82, 2.24) is 9.78 Å². The highest BCUT2D eigenvalue weighted by molar-refractivity contribution is 9.10. The number of aliphatic hydroxyl groups excluding tert-OH is 1. The zero-order valence-electron chi connectivity index (χ0n) is 11.4. The van der Waals surface area contributed by atoms with E-state index in [4.69, 9.17) is 0 Å². The molecule has 1 aromatic heterocycles. The summed E-state index contributed by atoms with van der Waals surface area (Å²) in [6, 6.07) is 0. The van der Waals surface area contributed by atoms with Gasteiger partial charge in [0.25, 0.3) is 0 Å². The van der Waals surface area contributed by atoms with Gasteiger partial charge in [-0.2, -0.15) is 5.10 Å². The van der Waals surface area contributed by atoms with Crippen LogP contribution in [0, 0.1) is 11.3 Å². The number of aryl methyl sites for hydroxylation is 2. The molecular weight excluding hydrogens is 280 g/mol. The SMILES string of the molecule is CCc1nn(C)c(CC(C)(CO)C(C)C)c1Br. The second-order valence-corrected chi connectivity index (χ2v) is 6.12. The van der Waals surface area contributed by atoms with Crippen LogP contribution < -0.4 is 0 Å². The smallest absolute Gasteiger partial charge is 0.0766 e. The quantitative estimate of drug-likeness (QED) is 0.908. The first-order chi connectivity index (χ1) is 7.85. The normalized spacial score (nSPS) is 15.3. The van der Waals surface area contributed by atoms with Crippen molar-refractivity contribution in [1.29, 1.82) is 0 Å². The lowest BCUT2D eigenvalue weighted by Gasteiger charge is -2.31. The molecule has 1 rings (SSSR count). The van der Waals surface area contributed by atoms with E-state index >= 15 is 0 Å². The molecule has 1 aromatic rings. The van der Waals surface area contributed by atoms with Gasteiger partial charge in [-0.1, -0.05) is 27.7 Å². The van der Waals surface area contributed by atoms with E-state index in [-0.39, 0.29) is 12.0 Å². The van der Waals surface area contributed by atoms with Gasteiger partial charge >= 0.3 is 0 Å². The van der Waals surface area contributed by atoms with Crippen LogP contribution in [0.15, 0.2) is 4.47 Å². The molecule has 0 spiro atoms. The van der Waals surface area contributed by atoms with Crippen molar-refractivity contribution in [2.75, 3.05) is 6.61 Å². The summed E-state index contributed by atoms with van der Waals surface area (Å²) in [5.41, 5.74) is 2.17. The number of hydrogen-bond acceptors (Lipinski definition) is 2. The molecule has 1 atom stereocenters. The van der Waals surface area contributed by atoms with Gasteiger partial charge in [0.15, 0.2) is 0 Å². The standard InChI is InChI=1S/C13H23BrN2O/c1-6-10-12(14)11(16(5)15-10)7-13(4,8-17)9(2)3/h9,17H,6-8H2,1-5H3. The van der Waals surface area contributed by atoms with Gasteiger partial charge in [-0.25, -0.2) is 0 Å². The van der Waals surface area contributed by atoms with E-state index in [2.05, 4.69) is 48.7 Å². The van der Waals surface area contributed by atoms with Crippen LogP contribution in [0.1, 0.15) is 39.1 Å². The molecule has 0 radical (unpaired) electrons. The Kier molecular flexibility index (Phi) is 4.78. The summed E-state index contributed by atoms with van der Waals surface area (Å²) in [6.07, 6.45) is 1.76. The molecule has 1 N–H and O–H groups in total. The topological polar surface area (TPSA) is 38.0 Å². The summed E-state index contributed by atoms with van der Waals surface area (Å²) in [5.74, 6) is 0.430. The Hall–Kier alpha value is -0.350. The molecule has 0 aliphatic heterocycles. The molecule has 4 heteroatoms. The maximum absolute atomic E-state index is 9.62. The molecule has 1 unspecified atom stereocenters. The van der Waals surface area contributed by atoms with Gasteiger partial charge in [0.05, 0.1) is 15.9 Å². The molecule has 0 fully saturated rings. The van der Waals surface area contributed by atoms with Gasteiger partial charge in [0.2, 0.25) is 0 Å². The van der Waals surface area contributed by atoms with Gasteiger partial charge < -0.3 is 5.11 Å². The number of aliphatic hydroxyl groups is 1. The van der Waals surface area contributed by atoms with Crippen molar-refractivity contribution in [3.8, 4) is 0 Å². The lowest BCUT2D eigenvalue weighted by molar-refractivity contribution is 0.0926. The average Bonchev–Trinajstić information content (AvgIpc) is 2.55. The predicted octanol–water partition coefficient (Wildman–Crippen LogP) is 2.94. The van der Waals surface area contributed by atoms with Crippen molar-refractivity contribution >= 4 is 15.9 Å². The van der Waals surface area contributed by atoms with E-state index < -0.39 is 0 Å². The van der Waals surface area contributed by atoms with Crippen LogP contribution >= 0.6 is 15.9 Å². The molecule has 0 amide bonds. The molecule has 0 aliphatic rings. The predicted molar refractivity (Wildman–Crippen MR) is 74.0 cm³/mol. The van der Waals surface area contributed by atoms with E-state index in [1.54, 1.807) is 0 Å². The van der Waals surface area contributed by atoms with E-state index in [9.17, 15) is 5.11 Å². The number of halogens is 1. The highest BCUT2D eigenvalue weighted by Gasteiger charge is 2.30. The Morgan fingerprint density at radius 1 is 1.47 bits per heavy atom. The first-order valence-electron chi connectivity index (χ1n) is 6.16. The van der Waals surface area contributed by atoms with Crippen molar-refractivity contribution in [3.63, 3.8) is 0 Å². The van der Waals surface area contributed by atoms with Gasteiger partial charge in [0, 0.05) is 13.7 Å². The summed E-state index contributed by atoms with van der Waals surface area (Å²) in [4.78, 5) is 0. The van der Waals surface area contributed by atoms with Crippen molar-refractivity contribution < 1.29 is 5.11 Å². The second-order valence-electron chi connectivity index (χ2n) is 5.33. The molecule has 17 heavy (non-hydrogen) atoms. The summed E-state index contributed by atoms with van der Waals surface area (Å²) in [7, 11) is 1.97. The Morgan fingerprint density at radius 2 is 2.06 bits per heavy atom. The fraction of sp³-hybridized carbons (Fsp3) is 0.769. The molecule has 1 heterocycles. The van der Waals surface area contributed by atoms with Crippen molar-refractivity contribution in [2.45, 2.75) is 40.5 Å². The summed E-state index contributed by atoms with van der Waals surface area (Å²) in [6.45, 7) is 8.74. The fourth-order valence-electron chi connectivity index (χ4n) is 1.84. The molecule has 0 saturated carbocycles. The minimum atomic E-state index is -0.0959. The third-order valence-electron chi connectivity index (χ3n) is 3.83. The van der Waals surface area contributed by atoms with E-state index in [0.29, 0.717) is 5.92 Å². The first kappa shape index (κ1) is 14.7. The van der Waals surface area contributed by atoms with Crippen LogP contribution in [0.2, 0.25) is 0 Å². The highest BCUT2D eigenvalue weighted by atomic mass is 79.9. The molecule has 0 saturated heterocycles. The fourth-order valence-corrected chi connectivity index (χ4v) is 2.59. The Balaban J connectivity index is 3.06. The average molecular weight is 303 g/mol. The Bertz CT molecular complexity index is 387. The minimum Gasteiger partial charge on any atom is -0.396 e. The number of rotatable bonds is 5. The summed E-state index contributed by atoms with van der Waals surface area (Å²) >= 11 is 3.63. The zero-order valence-corrected chi connectivity index (χ0v) is 13.0. The van der Waals surface area contributed by atoms with Crippen LogP contribution in [-0.4, -0.2) is 21.5 Å². The monoisotopic (exact) mass is 302 g/mol. The van der Waals surface area contributed by atoms with Gasteiger partial charge in [-0.15, -0.1) is 0 Å². The lowest BCUT2D eigenvalue weighted by Crippen LogP contribution is -2.31. The Morgan fingerprint density at radius 3 is 2.41 bits per heavy atom. The van der Waals surface area contributed by atoms with Crippen LogP contribution in [0.3, 0.4) is 0 Å². The van der Waals surface area contributed by atoms with Crippen LogP contribution in [0.25, 0.3) is 0 Å². The molecule has 98 valence electrons. The first-order valence-corrected chi connectivity index (χ1v) is 6.96. The largest absolute Gasteiger partial charge is 0.396 e. The van der Waals surface area contributed by atoms with Gasteiger partial charge in [0.1, 0.15) is 0 Å².